The molecule has 0 atom stereocenters. The lowest BCUT2D eigenvalue weighted by molar-refractivity contribution is -0.115. The molecule has 1 aliphatic rings. The average molecular weight is 296 g/mol. The molecule has 1 aliphatic heterocycles. The number of aryl methyl sites for hydroxylation is 2. The second-order valence-corrected chi connectivity index (χ2v) is 5.69. The molecule has 0 aliphatic carbocycles. The zero-order valence-electron chi connectivity index (χ0n) is 12.7. The summed E-state index contributed by atoms with van der Waals surface area (Å²) < 4.78 is 5.64. The predicted molar refractivity (Wildman–Crippen MR) is 88.2 cm³/mol. The zero-order chi connectivity index (χ0) is 15.5. The van der Waals surface area contributed by atoms with Crippen LogP contribution in [0.5, 0.6) is 5.75 Å². The third-order valence-electron chi connectivity index (χ3n) is 3.91. The summed E-state index contributed by atoms with van der Waals surface area (Å²) >= 11 is 0. The monoisotopic (exact) mass is 296 g/mol. The van der Waals surface area contributed by atoms with Gasteiger partial charge < -0.3 is 15.8 Å². The minimum atomic E-state index is -0.0565. The van der Waals surface area contributed by atoms with E-state index in [0.717, 1.165) is 42.0 Å². The van der Waals surface area contributed by atoms with E-state index in [1.54, 1.807) is 6.07 Å². The molecular formula is C18H20N2O2. The number of rotatable bonds is 3. The molecule has 4 heteroatoms. The van der Waals surface area contributed by atoms with Crippen molar-refractivity contribution in [3.63, 3.8) is 0 Å². The number of nitrogen functional groups attached to an aromatic ring is 1. The van der Waals surface area contributed by atoms with Gasteiger partial charge in [0.05, 0.1) is 13.0 Å². The maximum atomic E-state index is 12.2. The minimum Gasteiger partial charge on any atom is -0.493 e. The summed E-state index contributed by atoms with van der Waals surface area (Å²) in [6.45, 7) is 2.69. The number of hydrogen-bond donors (Lipinski definition) is 2. The minimum absolute atomic E-state index is 0.0565. The zero-order valence-corrected chi connectivity index (χ0v) is 12.7. The number of amides is 1. The van der Waals surface area contributed by atoms with Gasteiger partial charge in [0.25, 0.3) is 0 Å². The Hall–Kier alpha value is -2.49. The van der Waals surface area contributed by atoms with Gasteiger partial charge >= 0.3 is 0 Å². The van der Waals surface area contributed by atoms with Crippen LogP contribution in [0.2, 0.25) is 0 Å². The van der Waals surface area contributed by atoms with Crippen molar-refractivity contribution in [1.82, 2.24) is 0 Å². The quantitative estimate of drug-likeness (QED) is 0.855. The summed E-state index contributed by atoms with van der Waals surface area (Å²) in [6.07, 6.45) is 2.43. The van der Waals surface area contributed by atoms with Crippen LogP contribution in [-0.2, 0) is 17.6 Å². The van der Waals surface area contributed by atoms with Crippen molar-refractivity contribution < 1.29 is 9.53 Å². The van der Waals surface area contributed by atoms with Crippen molar-refractivity contribution in [2.45, 2.75) is 26.2 Å². The first-order valence-electron chi connectivity index (χ1n) is 7.52. The first-order valence-corrected chi connectivity index (χ1v) is 7.52. The number of hydrogen-bond acceptors (Lipinski definition) is 3. The van der Waals surface area contributed by atoms with Gasteiger partial charge in [-0.3, -0.25) is 4.79 Å². The Morgan fingerprint density at radius 1 is 1.27 bits per heavy atom. The Labute approximate surface area is 130 Å². The molecule has 3 N–H and O–H groups in total. The molecule has 0 saturated carbocycles. The lowest BCUT2D eigenvalue weighted by atomic mass is 10.0. The Balaban J connectivity index is 1.67. The molecule has 114 valence electrons. The molecule has 0 unspecified atom stereocenters. The molecule has 4 nitrogen and oxygen atoms in total. The van der Waals surface area contributed by atoms with Crippen molar-refractivity contribution in [2.24, 2.45) is 0 Å². The fourth-order valence-corrected chi connectivity index (χ4v) is 2.60. The number of fused-ring (bicyclic) bond motifs is 1. The van der Waals surface area contributed by atoms with E-state index in [0.29, 0.717) is 12.1 Å². The molecule has 1 amide bonds. The summed E-state index contributed by atoms with van der Waals surface area (Å²) in [5.74, 6) is 0.857. The van der Waals surface area contributed by atoms with Crippen LogP contribution in [0, 0.1) is 6.92 Å². The van der Waals surface area contributed by atoms with E-state index in [-0.39, 0.29) is 5.91 Å². The van der Waals surface area contributed by atoms with E-state index < -0.39 is 0 Å². The van der Waals surface area contributed by atoms with Gasteiger partial charge in [0, 0.05) is 11.4 Å². The van der Waals surface area contributed by atoms with E-state index in [4.69, 9.17) is 10.5 Å². The molecule has 2 aromatic rings. The molecule has 0 bridgehead atoms. The first-order chi connectivity index (χ1) is 10.6. The van der Waals surface area contributed by atoms with Gasteiger partial charge in [-0.25, -0.2) is 0 Å². The highest BCUT2D eigenvalue weighted by Gasteiger charge is 2.12. The Morgan fingerprint density at radius 2 is 2.14 bits per heavy atom. The van der Waals surface area contributed by atoms with Gasteiger partial charge in [0.1, 0.15) is 5.75 Å². The summed E-state index contributed by atoms with van der Waals surface area (Å²) in [5.41, 5.74) is 10.4. The Bertz CT molecular complexity index is 710. The highest BCUT2D eigenvalue weighted by Crippen LogP contribution is 2.26. The maximum Gasteiger partial charge on any atom is 0.228 e. The van der Waals surface area contributed by atoms with E-state index in [2.05, 4.69) is 11.4 Å². The lowest BCUT2D eigenvalue weighted by Gasteiger charge is -2.17. The van der Waals surface area contributed by atoms with Crippen LogP contribution in [-0.4, -0.2) is 12.5 Å². The number of ether oxygens (including phenoxy) is 1. The number of benzene rings is 2. The van der Waals surface area contributed by atoms with E-state index in [1.165, 1.54) is 5.56 Å². The topological polar surface area (TPSA) is 64.3 Å². The molecule has 0 radical (unpaired) electrons. The van der Waals surface area contributed by atoms with Crippen molar-refractivity contribution in [2.75, 3.05) is 17.7 Å². The molecule has 2 aromatic carbocycles. The van der Waals surface area contributed by atoms with Crippen LogP contribution in [0.25, 0.3) is 0 Å². The molecule has 1 heterocycles. The number of anilines is 2. The van der Waals surface area contributed by atoms with Crippen molar-refractivity contribution in [3.05, 3.63) is 53.1 Å². The summed E-state index contributed by atoms with van der Waals surface area (Å²) in [6, 6.07) is 11.6. The number of carbonyl (C=O) groups excluding carboxylic acids is 1. The summed E-state index contributed by atoms with van der Waals surface area (Å²) in [4.78, 5) is 12.2. The average Bonchev–Trinajstić information content (AvgIpc) is 2.51. The third-order valence-corrected chi connectivity index (χ3v) is 3.91. The Kier molecular flexibility index (Phi) is 4.00. The SMILES string of the molecule is Cc1ccc(NC(=O)Cc2ccc3c(c2)OCCC3)cc1N. The standard InChI is InChI=1S/C18H20N2O2/c1-12-4-7-15(11-16(12)19)20-18(21)10-13-5-6-14-3-2-8-22-17(14)9-13/h4-7,9,11H,2-3,8,10,19H2,1H3,(H,20,21). The molecule has 0 fully saturated rings. The second kappa shape index (κ2) is 6.10. The molecule has 3 rings (SSSR count). The smallest absolute Gasteiger partial charge is 0.228 e. The highest BCUT2D eigenvalue weighted by molar-refractivity contribution is 5.92. The van der Waals surface area contributed by atoms with Crippen molar-refractivity contribution in [3.8, 4) is 5.75 Å². The van der Waals surface area contributed by atoms with Gasteiger partial charge in [-0.05, 0) is 54.7 Å². The first kappa shape index (κ1) is 14.4. The van der Waals surface area contributed by atoms with Gasteiger partial charge in [-0.2, -0.15) is 0 Å². The van der Waals surface area contributed by atoms with Gasteiger partial charge in [0.2, 0.25) is 5.91 Å². The van der Waals surface area contributed by atoms with E-state index >= 15 is 0 Å². The number of carbonyl (C=O) groups is 1. The van der Waals surface area contributed by atoms with Gasteiger partial charge in [0.15, 0.2) is 0 Å². The molecule has 0 spiro atoms. The van der Waals surface area contributed by atoms with Crippen LogP contribution in [0.4, 0.5) is 11.4 Å². The van der Waals surface area contributed by atoms with E-state index in [9.17, 15) is 4.79 Å². The second-order valence-electron chi connectivity index (χ2n) is 5.69. The summed E-state index contributed by atoms with van der Waals surface area (Å²) in [5, 5.41) is 2.88. The molecule has 0 aromatic heterocycles. The normalized spacial score (nSPS) is 13.1. The maximum absolute atomic E-state index is 12.2. The molecular weight excluding hydrogens is 276 g/mol. The number of nitrogens with two attached hydrogens (primary N) is 1. The van der Waals surface area contributed by atoms with Crippen molar-refractivity contribution >= 4 is 17.3 Å². The van der Waals surface area contributed by atoms with Crippen molar-refractivity contribution in [1.29, 1.82) is 0 Å². The third kappa shape index (κ3) is 3.22. The van der Waals surface area contributed by atoms with Crippen LogP contribution in [0.15, 0.2) is 36.4 Å². The van der Waals surface area contributed by atoms with E-state index in [1.807, 2.05) is 31.2 Å². The fraction of sp³-hybridized carbons (Fsp3) is 0.278. The van der Waals surface area contributed by atoms with Gasteiger partial charge in [-0.1, -0.05) is 18.2 Å². The van der Waals surface area contributed by atoms with Gasteiger partial charge in [-0.15, -0.1) is 0 Å². The summed E-state index contributed by atoms with van der Waals surface area (Å²) in [7, 11) is 0. The van der Waals surface area contributed by atoms with Crippen LogP contribution in [0.1, 0.15) is 23.1 Å². The highest BCUT2D eigenvalue weighted by atomic mass is 16.5. The predicted octanol–water partition coefficient (Wildman–Crippen LogP) is 3.08. The van der Waals surface area contributed by atoms with Crippen LogP contribution in [0.3, 0.4) is 0 Å². The van der Waals surface area contributed by atoms with Crippen LogP contribution >= 0.6 is 0 Å². The lowest BCUT2D eigenvalue weighted by Crippen LogP contribution is -2.15. The fourth-order valence-electron chi connectivity index (χ4n) is 2.60. The molecule has 0 saturated heterocycles. The Morgan fingerprint density at radius 3 is 2.95 bits per heavy atom. The largest absolute Gasteiger partial charge is 0.493 e. The molecule has 22 heavy (non-hydrogen) atoms. The number of nitrogens with one attached hydrogen (secondary N) is 1. The van der Waals surface area contributed by atoms with Crippen LogP contribution < -0.4 is 15.8 Å².